The molecule has 0 atom stereocenters. The quantitative estimate of drug-likeness (QED) is 0.336. The minimum atomic E-state index is 0. The van der Waals surface area contributed by atoms with E-state index < -0.39 is 0 Å². The zero-order valence-corrected chi connectivity index (χ0v) is 16.7. The van der Waals surface area contributed by atoms with Crippen LogP contribution in [0.5, 0.6) is 0 Å². The maximum Gasteiger partial charge on any atom is 1.00 e. The molecule has 0 aliphatic heterocycles. The minimum absolute atomic E-state index is 0. The van der Waals surface area contributed by atoms with Crippen LogP contribution in [-0.2, 0) is 17.1 Å². The van der Waals surface area contributed by atoms with Crippen molar-refractivity contribution in [2.45, 2.75) is 0 Å². The van der Waals surface area contributed by atoms with E-state index in [0.717, 1.165) is 0 Å². The van der Waals surface area contributed by atoms with Crippen molar-refractivity contribution < 1.29 is 165 Å². The monoisotopic (exact) mass is 468 g/mol. The Bertz CT molecular complexity index is 11.6. The Kier molecular flexibility index (Phi) is 90.0. The van der Waals surface area contributed by atoms with Gasteiger partial charge in [-0.15, -0.1) is 0 Å². The van der Waals surface area contributed by atoms with Crippen molar-refractivity contribution in [2.24, 2.45) is 0 Å². The summed E-state index contributed by atoms with van der Waals surface area (Å²) >= 11 is 0. The molecule has 0 N–H and O–H groups in total. The molecule has 4 heteroatoms. The average Bonchev–Trinajstić information content (AvgIpc) is 0. The topological polar surface area (TPSA) is 0 Å². The fourth-order valence-corrected chi connectivity index (χ4v) is 0. The number of hydrogen-bond acceptors (Lipinski definition) is 0. The van der Waals surface area contributed by atoms with Crippen LogP contribution in [0.4, 0.5) is 0 Å². The van der Waals surface area contributed by atoms with Crippen LogP contribution in [0.25, 0.3) is 0 Å². The molecule has 0 saturated carbocycles. The molecule has 0 amide bonds. The molecule has 0 spiro atoms. The standard InChI is InChI=1S/Ce.Cs.La.Mn.H/q;+1;;;-1. The fourth-order valence-electron chi connectivity index (χ4n) is 0. The summed E-state index contributed by atoms with van der Waals surface area (Å²) < 4.78 is 0. The predicted octanol–water partition coefficient (Wildman–Crippen LogP) is -2.89. The maximum atomic E-state index is 0. The van der Waals surface area contributed by atoms with Gasteiger partial charge in [0.05, 0.1) is 0 Å². The molecular weight excluding hydrogens is 467 g/mol. The van der Waals surface area contributed by atoms with Gasteiger partial charge in [-0.3, -0.25) is 0 Å². The zero-order chi connectivity index (χ0) is 0. The number of hydrogen-bond donors (Lipinski definition) is 0. The molecule has 0 aliphatic carbocycles. The van der Waals surface area contributed by atoms with E-state index in [4.69, 9.17) is 0 Å². The second-order valence-corrected chi connectivity index (χ2v) is 0. The van der Waals surface area contributed by atoms with Crippen LogP contribution in [0.2, 0.25) is 0 Å². The molecule has 0 nitrogen and oxygen atoms in total. The Labute approximate surface area is 159 Å². The van der Waals surface area contributed by atoms with Gasteiger partial charge in [-0.25, -0.2) is 0 Å². The van der Waals surface area contributed by atoms with Crippen molar-refractivity contribution in [1.82, 2.24) is 0 Å². The maximum absolute atomic E-state index is 0. The third-order valence-corrected chi connectivity index (χ3v) is 0. The average molecular weight is 468 g/mol. The van der Waals surface area contributed by atoms with Crippen LogP contribution in [0.15, 0.2) is 0 Å². The summed E-state index contributed by atoms with van der Waals surface area (Å²) in [5.41, 5.74) is 0. The molecule has 0 aliphatic rings. The Hall–Kier alpha value is 5.14. The minimum Gasteiger partial charge on any atom is -1.00 e. The summed E-state index contributed by atoms with van der Waals surface area (Å²) in [6, 6.07) is 0. The Morgan fingerprint density at radius 1 is 1.25 bits per heavy atom. The first kappa shape index (κ1) is 22.9. The summed E-state index contributed by atoms with van der Waals surface area (Å²) in [4.78, 5) is 0. The van der Waals surface area contributed by atoms with Crippen molar-refractivity contribution in [3.05, 3.63) is 0 Å². The van der Waals surface area contributed by atoms with Gasteiger partial charge in [0, 0.05) is 94.4 Å². The molecule has 0 saturated heterocycles. The molecule has 0 fully saturated rings. The molecule has 0 unspecified atom stereocenters. The number of rotatable bonds is 0. The van der Waals surface area contributed by atoms with E-state index in [1.807, 2.05) is 0 Å². The van der Waals surface area contributed by atoms with Crippen LogP contribution >= 0.6 is 0 Å². The van der Waals surface area contributed by atoms with E-state index in [2.05, 4.69) is 0 Å². The van der Waals surface area contributed by atoms with Gasteiger partial charge < -0.3 is 1.43 Å². The Morgan fingerprint density at radius 3 is 1.25 bits per heavy atom. The molecule has 0 aromatic rings. The van der Waals surface area contributed by atoms with E-state index in [1.165, 1.54) is 0 Å². The van der Waals surface area contributed by atoms with Gasteiger partial charge in [-0.2, -0.15) is 0 Å². The Morgan fingerprint density at radius 2 is 1.25 bits per heavy atom. The van der Waals surface area contributed by atoms with Crippen molar-refractivity contribution >= 4 is 0 Å². The van der Waals surface area contributed by atoms with Crippen molar-refractivity contribution in [2.75, 3.05) is 0 Å². The van der Waals surface area contributed by atoms with Gasteiger partial charge >= 0.3 is 68.9 Å². The van der Waals surface area contributed by atoms with Gasteiger partial charge in [0.2, 0.25) is 0 Å². The molecule has 2 radical (unpaired) electrons. The predicted molar refractivity (Wildman–Crippen MR) is 1.11 cm³/mol. The summed E-state index contributed by atoms with van der Waals surface area (Å²) in [7, 11) is 0. The molecule has 0 heterocycles. The third kappa shape index (κ3) is 10.2. The molecule has 4 heavy (non-hydrogen) atoms. The van der Waals surface area contributed by atoms with Gasteiger partial charge in [-0.1, -0.05) is 0 Å². The van der Waals surface area contributed by atoms with Crippen LogP contribution in [0.3, 0.4) is 0 Å². The Balaban J connectivity index is 0. The van der Waals surface area contributed by atoms with E-state index >= 15 is 0 Å². The van der Waals surface area contributed by atoms with Crippen LogP contribution in [0, 0.1) is 77.3 Å². The molecule has 0 aromatic carbocycles. The summed E-state index contributed by atoms with van der Waals surface area (Å²) in [5, 5.41) is 0. The summed E-state index contributed by atoms with van der Waals surface area (Å²) in [5.74, 6) is 0. The molecular formula is HCeCsLaMn. The van der Waals surface area contributed by atoms with Crippen molar-refractivity contribution in [3.63, 3.8) is 0 Å². The van der Waals surface area contributed by atoms with Crippen LogP contribution in [-0.4, -0.2) is 0 Å². The summed E-state index contributed by atoms with van der Waals surface area (Å²) in [6.07, 6.45) is 0. The molecule has 0 rings (SSSR count). The molecule has 0 aromatic heterocycles. The fraction of sp³-hybridized carbons (Fsp3) is 0. The van der Waals surface area contributed by atoms with E-state index in [-0.39, 0.29) is 165 Å². The van der Waals surface area contributed by atoms with E-state index in [9.17, 15) is 0 Å². The first-order valence-electron chi connectivity index (χ1n) is 0. The molecule has 0 bridgehead atoms. The van der Waals surface area contributed by atoms with Gasteiger partial charge in [0.15, 0.2) is 0 Å². The SMILES string of the molecule is [Ce].[Cs+].[H-].[La].[Mn]. The van der Waals surface area contributed by atoms with Crippen LogP contribution in [0.1, 0.15) is 1.43 Å². The summed E-state index contributed by atoms with van der Waals surface area (Å²) in [6.45, 7) is 0. The van der Waals surface area contributed by atoms with Gasteiger partial charge in [0.25, 0.3) is 0 Å². The van der Waals surface area contributed by atoms with E-state index in [1.54, 1.807) is 0 Å². The largest absolute Gasteiger partial charge is 1.00 e. The first-order chi connectivity index (χ1) is 0. The normalized spacial score (nSPS) is 0. The second kappa shape index (κ2) is 15.7. The van der Waals surface area contributed by atoms with Gasteiger partial charge in [0.1, 0.15) is 0 Å². The van der Waals surface area contributed by atoms with Crippen LogP contribution < -0.4 is 68.9 Å². The first-order valence-corrected chi connectivity index (χ1v) is 0. The van der Waals surface area contributed by atoms with Gasteiger partial charge in [-0.05, 0) is 0 Å². The third-order valence-electron chi connectivity index (χ3n) is 0. The smallest absolute Gasteiger partial charge is 1.00 e. The molecule has 16 valence electrons. The zero-order valence-electron chi connectivity index (χ0n) is 3.46. The van der Waals surface area contributed by atoms with Crippen molar-refractivity contribution in [3.8, 4) is 0 Å². The van der Waals surface area contributed by atoms with E-state index in [0.29, 0.717) is 0 Å². The van der Waals surface area contributed by atoms with Crippen molar-refractivity contribution in [1.29, 1.82) is 0 Å². The second-order valence-electron chi connectivity index (χ2n) is 0.